The summed E-state index contributed by atoms with van der Waals surface area (Å²) in [5, 5.41) is 0. The van der Waals surface area contributed by atoms with Gasteiger partial charge in [-0.25, -0.2) is 0 Å². The molecule has 2 heterocycles. The lowest BCUT2D eigenvalue weighted by atomic mass is 9.84. The van der Waals surface area contributed by atoms with Crippen molar-refractivity contribution < 1.29 is 4.74 Å². The molecule has 0 aliphatic carbocycles. The van der Waals surface area contributed by atoms with Gasteiger partial charge in [-0.15, -0.1) is 0 Å². The molecule has 4 nitrogen and oxygen atoms in total. The van der Waals surface area contributed by atoms with Gasteiger partial charge in [-0.1, -0.05) is 6.07 Å². The van der Waals surface area contributed by atoms with Crippen molar-refractivity contribution in [3.8, 4) is 5.75 Å². The Morgan fingerprint density at radius 3 is 2.72 bits per heavy atom. The molecular weight excluding hydrogens is 228 g/mol. The second-order valence-corrected chi connectivity index (χ2v) is 4.63. The molecule has 2 rings (SSSR count). The van der Waals surface area contributed by atoms with Crippen molar-refractivity contribution in [2.75, 3.05) is 7.11 Å². The van der Waals surface area contributed by atoms with Crippen molar-refractivity contribution in [2.24, 2.45) is 0 Å². The summed E-state index contributed by atoms with van der Waals surface area (Å²) < 4.78 is 5.20. The standard InChI is InChI=1S/C14H16N2O2/c1-14(2,11-5-4-6-13(17)16-11)12-9-10(18-3)7-8-15-12/h4-9H,1-3H3,(H,16,17). The maximum absolute atomic E-state index is 11.4. The van der Waals surface area contributed by atoms with E-state index in [4.69, 9.17) is 4.74 Å². The van der Waals surface area contributed by atoms with Gasteiger partial charge in [0.15, 0.2) is 0 Å². The van der Waals surface area contributed by atoms with Crippen LogP contribution in [0.1, 0.15) is 25.2 Å². The number of methoxy groups -OCH3 is 1. The minimum atomic E-state index is -0.380. The summed E-state index contributed by atoms with van der Waals surface area (Å²) in [5.74, 6) is 0.756. The second kappa shape index (κ2) is 4.64. The monoisotopic (exact) mass is 244 g/mol. The van der Waals surface area contributed by atoms with E-state index in [1.165, 1.54) is 6.07 Å². The summed E-state index contributed by atoms with van der Waals surface area (Å²) in [6, 6.07) is 8.82. The summed E-state index contributed by atoms with van der Waals surface area (Å²) in [7, 11) is 1.62. The van der Waals surface area contributed by atoms with Crippen LogP contribution in [-0.4, -0.2) is 17.1 Å². The van der Waals surface area contributed by atoms with Crippen LogP contribution >= 0.6 is 0 Å². The number of aromatic amines is 1. The minimum absolute atomic E-state index is 0.108. The molecule has 0 unspecified atom stereocenters. The molecule has 1 N–H and O–H groups in total. The van der Waals surface area contributed by atoms with E-state index in [1.54, 1.807) is 25.4 Å². The van der Waals surface area contributed by atoms with Crippen LogP contribution in [-0.2, 0) is 5.41 Å². The highest BCUT2D eigenvalue weighted by Crippen LogP contribution is 2.29. The van der Waals surface area contributed by atoms with Gasteiger partial charge in [-0.2, -0.15) is 0 Å². The zero-order valence-corrected chi connectivity index (χ0v) is 10.7. The zero-order chi connectivity index (χ0) is 13.2. The fraction of sp³-hybridized carbons (Fsp3) is 0.286. The molecule has 0 atom stereocenters. The molecule has 0 fully saturated rings. The Kier molecular flexibility index (Phi) is 3.19. The van der Waals surface area contributed by atoms with Crippen molar-refractivity contribution in [1.29, 1.82) is 0 Å². The Labute approximate surface area is 106 Å². The highest BCUT2D eigenvalue weighted by molar-refractivity contribution is 5.33. The van der Waals surface area contributed by atoms with Gasteiger partial charge in [-0.3, -0.25) is 9.78 Å². The molecule has 94 valence electrons. The van der Waals surface area contributed by atoms with Crippen LogP contribution in [0.5, 0.6) is 5.75 Å². The van der Waals surface area contributed by atoms with Gasteiger partial charge in [0.2, 0.25) is 5.56 Å². The third-order valence-electron chi connectivity index (χ3n) is 3.05. The Bertz CT molecular complexity index is 602. The molecule has 0 aliphatic rings. The molecular formula is C14H16N2O2. The molecule has 0 aliphatic heterocycles. The lowest BCUT2D eigenvalue weighted by molar-refractivity contribution is 0.411. The van der Waals surface area contributed by atoms with E-state index in [0.717, 1.165) is 17.1 Å². The van der Waals surface area contributed by atoms with Crippen molar-refractivity contribution in [2.45, 2.75) is 19.3 Å². The quantitative estimate of drug-likeness (QED) is 0.899. The predicted molar refractivity (Wildman–Crippen MR) is 70.0 cm³/mol. The molecule has 4 heteroatoms. The molecule has 0 saturated heterocycles. The Hall–Kier alpha value is -2.10. The van der Waals surface area contributed by atoms with Crippen LogP contribution in [0.2, 0.25) is 0 Å². The SMILES string of the molecule is COc1ccnc(C(C)(C)c2cccc(=O)[nH]2)c1. The van der Waals surface area contributed by atoms with Crippen LogP contribution in [0.4, 0.5) is 0 Å². The van der Waals surface area contributed by atoms with Crippen LogP contribution in [0.25, 0.3) is 0 Å². The molecule has 2 aromatic heterocycles. The van der Waals surface area contributed by atoms with Gasteiger partial charge in [0.05, 0.1) is 12.8 Å². The number of hydrogen-bond acceptors (Lipinski definition) is 3. The fourth-order valence-corrected chi connectivity index (χ4v) is 1.83. The van der Waals surface area contributed by atoms with Crippen molar-refractivity contribution in [1.82, 2.24) is 9.97 Å². The van der Waals surface area contributed by atoms with E-state index in [0.29, 0.717) is 0 Å². The lowest BCUT2D eigenvalue weighted by Gasteiger charge is -2.24. The van der Waals surface area contributed by atoms with Crippen LogP contribution in [0.3, 0.4) is 0 Å². The maximum atomic E-state index is 11.4. The molecule has 0 saturated carbocycles. The third kappa shape index (κ3) is 2.27. The normalized spacial score (nSPS) is 11.3. The molecule has 2 aromatic rings. The van der Waals surface area contributed by atoms with Crippen LogP contribution < -0.4 is 10.3 Å². The highest BCUT2D eigenvalue weighted by Gasteiger charge is 2.26. The molecule has 0 aromatic carbocycles. The first-order valence-electron chi connectivity index (χ1n) is 5.74. The van der Waals surface area contributed by atoms with Crippen molar-refractivity contribution in [3.05, 3.63) is 58.3 Å². The van der Waals surface area contributed by atoms with E-state index < -0.39 is 0 Å². The molecule has 0 amide bonds. The van der Waals surface area contributed by atoms with Crippen molar-refractivity contribution in [3.63, 3.8) is 0 Å². The van der Waals surface area contributed by atoms with E-state index in [2.05, 4.69) is 9.97 Å². The average molecular weight is 244 g/mol. The first kappa shape index (κ1) is 12.4. The summed E-state index contributed by atoms with van der Waals surface area (Å²) in [5.41, 5.74) is 1.19. The van der Waals surface area contributed by atoms with Gasteiger partial charge in [0.1, 0.15) is 5.75 Å². The number of pyridine rings is 2. The Balaban J connectivity index is 2.50. The first-order chi connectivity index (χ1) is 8.54. The fourth-order valence-electron chi connectivity index (χ4n) is 1.83. The summed E-state index contributed by atoms with van der Waals surface area (Å²) in [6.45, 7) is 4.03. The number of H-pyrrole nitrogens is 1. The van der Waals surface area contributed by atoms with Crippen LogP contribution in [0, 0.1) is 0 Å². The number of aromatic nitrogens is 2. The zero-order valence-electron chi connectivity index (χ0n) is 10.7. The third-order valence-corrected chi connectivity index (χ3v) is 3.05. The van der Waals surface area contributed by atoms with E-state index >= 15 is 0 Å². The predicted octanol–water partition coefficient (Wildman–Crippen LogP) is 2.10. The van der Waals surface area contributed by atoms with E-state index in [9.17, 15) is 4.79 Å². The average Bonchev–Trinajstić information content (AvgIpc) is 2.39. The number of nitrogens with one attached hydrogen (secondary N) is 1. The molecule has 0 radical (unpaired) electrons. The number of ether oxygens (including phenoxy) is 1. The summed E-state index contributed by atoms with van der Waals surface area (Å²) in [4.78, 5) is 18.6. The highest BCUT2D eigenvalue weighted by atomic mass is 16.5. The Morgan fingerprint density at radius 1 is 1.28 bits per heavy atom. The number of hydrogen-bond donors (Lipinski definition) is 1. The molecule has 0 spiro atoms. The summed E-state index contributed by atoms with van der Waals surface area (Å²) >= 11 is 0. The second-order valence-electron chi connectivity index (χ2n) is 4.63. The van der Waals surface area contributed by atoms with E-state index in [1.807, 2.05) is 26.0 Å². The Morgan fingerprint density at radius 2 is 2.06 bits per heavy atom. The minimum Gasteiger partial charge on any atom is -0.497 e. The molecule has 18 heavy (non-hydrogen) atoms. The lowest BCUT2D eigenvalue weighted by Crippen LogP contribution is -2.24. The van der Waals surface area contributed by atoms with Gasteiger partial charge in [0.25, 0.3) is 0 Å². The number of nitrogens with zero attached hydrogens (tertiary/aromatic N) is 1. The number of rotatable bonds is 3. The maximum Gasteiger partial charge on any atom is 0.248 e. The largest absolute Gasteiger partial charge is 0.497 e. The van der Waals surface area contributed by atoms with E-state index in [-0.39, 0.29) is 11.0 Å². The topological polar surface area (TPSA) is 55.0 Å². The van der Waals surface area contributed by atoms with Gasteiger partial charge >= 0.3 is 0 Å². The first-order valence-corrected chi connectivity index (χ1v) is 5.74. The smallest absolute Gasteiger partial charge is 0.248 e. The van der Waals surface area contributed by atoms with Gasteiger partial charge in [-0.05, 0) is 26.0 Å². The van der Waals surface area contributed by atoms with Crippen LogP contribution in [0.15, 0.2) is 41.3 Å². The van der Waals surface area contributed by atoms with Gasteiger partial charge in [0, 0.05) is 29.4 Å². The van der Waals surface area contributed by atoms with Crippen molar-refractivity contribution >= 4 is 0 Å². The van der Waals surface area contributed by atoms with Gasteiger partial charge < -0.3 is 9.72 Å². The summed E-state index contributed by atoms with van der Waals surface area (Å²) in [6.07, 6.45) is 1.71. The molecule has 0 bridgehead atoms.